The molecule has 0 bridgehead atoms. The fraction of sp³-hybridized carbons (Fsp3) is 0.333. The maximum atomic E-state index is 12.9. The highest BCUT2D eigenvalue weighted by Gasteiger charge is 2.35. The van der Waals surface area contributed by atoms with E-state index in [4.69, 9.17) is 0 Å². The lowest BCUT2D eigenvalue weighted by atomic mass is 9.92. The van der Waals surface area contributed by atoms with Gasteiger partial charge in [-0.25, -0.2) is 4.98 Å². The molecule has 0 radical (unpaired) electrons. The second-order valence-corrected chi connectivity index (χ2v) is 7.44. The minimum absolute atomic E-state index is 0.00667. The van der Waals surface area contributed by atoms with Crippen LogP contribution in [0.2, 0.25) is 0 Å². The van der Waals surface area contributed by atoms with Crippen LogP contribution in [0.15, 0.2) is 34.2 Å². The number of carbonyl (C=O) groups excluding carboxylic acids is 2. The van der Waals surface area contributed by atoms with E-state index in [1.54, 1.807) is 0 Å². The molecule has 11 heteroatoms. The molecule has 0 fully saturated rings. The molecule has 3 rings (SSSR count). The molecule has 29 heavy (non-hydrogen) atoms. The number of thioether (sulfide) groups is 1. The van der Waals surface area contributed by atoms with Crippen molar-refractivity contribution >= 4 is 35.1 Å². The van der Waals surface area contributed by atoms with Gasteiger partial charge in [-0.1, -0.05) is 24.8 Å². The predicted octanol–water partition coefficient (Wildman–Crippen LogP) is 3.36. The smallest absolute Gasteiger partial charge is 0.326 e. The lowest BCUT2D eigenvalue weighted by Gasteiger charge is -2.23. The Morgan fingerprint density at radius 3 is 2.79 bits per heavy atom. The van der Waals surface area contributed by atoms with Crippen LogP contribution in [0.1, 0.15) is 36.8 Å². The van der Waals surface area contributed by atoms with Gasteiger partial charge < -0.3 is 15.6 Å². The summed E-state index contributed by atoms with van der Waals surface area (Å²) in [5.41, 5.74) is -1.60. The van der Waals surface area contributed by atoms with Gasteiger partial charge in [0.15, 0.2) is 5.16 Å². The van der Waals surface area contributed by atoms with Crippen molar-refractivity contribution in [3.05, 3.63) is 45.7 Å². The topological polar surface area (TPSA) is 104 Å². The molecular weight excluding hydrogens is 409 g/mol. The summed E-state index contributed by atoms with van der Waals surface area (Å²) in [4.78, 5) is 44.0. The van der Waals surface area contributed by atoms with Crippen molar-refractivity contribution in [3.8, 4) is 0 Å². The molecule has 3 N–H and O–H groups in total. The van der Waals surface area contributed by atoms with Crippen LogP contribution >= 0.6 is 11.8 Å². The van der Waals surface area contributed by atoms with Crippen LogP contribution in [-0.2, 0) is 15.8 Å². The monoisotopic (exact) mass is 426 g/mol. The van der Waals surface area contributed by atoms with Crippen molar-refractivity contribution < 1.29 is 22.8 Å². The fourth-order valence-electron chi connectivity index (χ4n) is 2.84. The zero-order valence-electron chi connectivity index (χ0n) is 15.2. The molecule has 1 atom stereocenters. The van der Waals surface area contributed by atoms with E-state index in [1.807, 2.05) is 6.92 Å². The summed E-state index contributed by atoms with van der Waals surface area (Å²) >= 11 is 1.30. The molecule has 1 aromatic heterocycles. The van der Waals surface area contributed by atoms with Crippen molar-refractivity contribution in [3.63, 3.8) is 0 Å². The molecule has 0 unspecified atom stereocenters. The summed E-state index contributed by atoms with van der Waals surface area (Å²) in [6.45, 7) is 1.96. The van der Waals surface area contributed by atoms with Crippen molar-refractivity contribution in [2.24, 2.45) is 0 Å². The van der Waals surface area contributed by atoms with Gasteiger partial charge in [0.05, 0.1) is 17.0 Å². The molecule has 154 valence electrons. The van der Waals surface area contributed by atoms with Crippen molar-refractivity contribution in [1.82, 2.24) is 9.97 Å². The second-order valence-electron chi connectivity index (χ2n) is 6.35. The van der Waals surface area contributed by atoms with Gasteiger partial charge >= 0.3 is 6.18 Å². The SMILES string of the molecule is CCCSc1nc2c(c(=O)[nH]1)[C@H](C(=O)Nc1cccc(C(F)(F)F)c1)CC(=O)N2. The third-order valence-corrected chi connectivity index (χ3v) is 5.23. The van der Waals surface area contributed by atoms with Crippen LogP contribution in [-0.4, -0.2) is 27.5 Å². The van der Waals surface area contributed by atoms with E-state index < -0.39 is 35.0 Å². The Bertz CT molecular complexity index is 1010. The molecule has 1 aliphatic heterocycles. The summed E-state index contributed by atoms with van der Waals surface area (Å²) in [6, 6.07) is 4.12. The van der Waals surface area contributed by atoms with Gasteiger partial charge in [-0.15, -0.1) is 0 Å². The minimum Gasteiger partial charge on any atom is -0.326 e. The number of benzene rings is 1. The lowest BCUT2D eigenvalue weighted by molar-refractivity contribution is -0.137. The number of halogens is 3. The molecule has 2 amide bonds. The maximum Gasteiger partial charge on any atom is 0.416 e. The second kappa shape index (κ2) is 8.27. The van der Waals surface area contributed by atoms with E-state index in [2.05, 4.69) is 20.6 Å². The van der Waals surface area contributed by atoms with E-state index in [9.17, 15) is 27.6 Å². The zero-order valence-corrected chi connectivity index (χ0v) is 16.0. The number of anilines is 2. The number of amides is 2. The van der Waals surface area contributed by atoms with Crippen LogP contribution in [0.4, 0.5) is 24.7 Å². The molecule has 0 aliphatic carbocycles. The molecular formula is C18H17F3N4O3S. The quantitative estimate of drug-likeness (QED) is 0.503. The molecule has 2 heterocycles. The first kappa shape index (κ1) is 20.9. The number of aromatic nitrogens is 2. The lowest BCUT2D eigenvalue weighted by Crippen LogP contribution is -2.36. The number of alkyl halides is 3. The maximum absolute atomic E-state index is 12.9. The van der Waals surface area contributed by atoms with Crippen molar-refractivity contribution in [2.45, 2.75) is 37.0 Å². The Morgan fingerprint density at radius 2 is 2.10 bits per heavy atom. The van der Waals surface area contributed by atoms with Gasteiger partial charge in [0.25, 0.3) is 5.56 Å². The van der Waals surface area contributed by atoms with Crippen LogP contribution < -0.4 is 16.2 Å². The van der Waals surface area contributed by atoms with E-state index in [1.165, 1.54) is 17.8 Å². The third kappa shape index (κ3) is 4.78. The third-order valence-electron chi connectivity index (χ3n) is 4.15. The number of fused-ring (bicyclic) bond motifs is 1. The fourth-order valence-corrected chi connectivity index (χ4v) is 3.56. The number of aromatic amines is 1. The highest BCUT2D eigenvalue weighted by Crippen LogP contribution is 2.33. The Labute approximate surface area is 167 Å². The summed E-state index contributed by atoms with van der Waals surface area (Å²) in [5.74, 6) is -1.75. The first-order valence-electron chi connectivity index (χ1n) is 8.74. The normalized spacial score (nSPS) is 16.1. The number of nitrogens with zero attached hydrogens (tertiary/aromatic N) is 1. The van der Waals surface area contributed by atoms with Crippen LogP contribution in [0.3, 0.4) is 0 Å². The van der Waals surface area contributed by atoms with E-state index >= 15 is 0 Å². The number of carbonyl (C=O) groups is 2. The van der Waals surface area contributed by atoms with Gasteiger partial charge in [-0.3, -0.25) is 14.4 Å². The van der Waals surface area contributed by atoms with Gasteiger partial charge in [-0.05, 0) is 24.6 Å². The first-order chi connectivity index (χ1) is 13.7. The standard InChI is InChI=1S/C18H17F3N4O3S/c1-2-6-29-17-24-14-13(16(28)25-17)11(8-12(26)23-14)15(27)22-10-5-3-4-9(7-10)18(19,20)21/h3-5,7,11H,2,6,8H2,1H3,(H,22,27)(H2,23,24,25,26,28)/t11-/m1/s1. The molecule has 0 spiro atoms. The molecule has 2 aromatic rings. The Hall–Kier alpha value is -2.82. The summed E-state index contributed by atoms with van der Waals surface area (Å²) < 4.78 is 38.6. The Morgan fingerprint density at radius 1 is 1.34 bits per heavy atom. The molecule has 1 aromatic carbocycles. The van der Waals surface area contributed by atoms with Gasteiger partial charge in [0, 0.05) is 17.9 Å². The van der Waals surface area contributed by atoms with Gasteiger partial charge in [-0.2, -0.15) is 13.2 Å². The van der Waals surface area contributed by atoms with E-state index in [0.717, 1.165) is 24.6 Å². The molecule has 7 nitrogen and oxygen atoms in total. The highest BCUT2D eigenvalue weighted by molar-refractivity contribution is 7.99. The summed E-state index contributed by atoms with van der Waals surface area (Å²) in [7, 11) is 0. The highest BCUT2D eigenvalue weighted by atomic mass is 32.2. The number of H-pyrrole nitrogens is 1. The minimum atomic E-state index is -4.56. The number of nitrogens with one attached hydrogen (secondary N) is 3. The van der Waals surface area contributed by atoms with Crippen molar-refractivity contribution in [1.29, 1.82) is 0 Å². The Kier molecular flexibility index (Phi) is 5.96. The zero-order chi connectivity index (χ0) is 21.2. The predicted molar refractivity (Wildman–Crippen MR) is 102 cm³/mol. The number of hydrogen-bond acceptors (Lipinski definition) is 5. The molecule has 0 saturated carbocycles. The molecule has 0 saturated heterocycles. The average molecular weight is 426 g/mol. The van der Waals surface area contributed by atoms with Gasteiger partial charge in [0.1, 0.15) is 5.82 Å². The number of rotatable bonds is 5. The van der Waals surface area contributed by atoms with Gasteiger partial charge in [0.2, 0.25) is 11.8 Å². The summed E-state index contributed by atoms with van der Waals surface area (Å²) in [5, 5.41) is 5.15. The van der Waals surface area contributed by atoms with E-state index in [0.29, 0.717) is 10.9 Å². The summed E-state index contributed by atoms with van der Waals surface area (Å²) in [6.07, 6.45) is -4.03. The largest absolute Gasteiger partial charge is 0.416 e. The van der Waals surface area contributed by atoms with Crippen molar-refractivity contribution in [2.75, 3.05) is 16.4 Å². The Balaban J connectivity index is 1.89. The number of hydrogen-bond donors (Lipinski definition) is 3. The molecule has 1 aliphatic rings. The van der Waals surface area contributed by atoms with E-state index in [-0.39, 0.29) is 23.5 Å². The van der Waals surface area contributed by atoms with Crippen LogP contribution in [0.5, 0.6) is 0 Å². The van der Waals surface area contributed by atoms with Crippen LogP contribution in [0.25, 0.3) is 0 Å². The first-order valence-corrected chi connectivity index (χ1v) is 9.72. The average Bonchev–Trinajstić information content (AvgIpc) is 2.64. The van der Waals surface area contributed by atoms with Crippen LogP contribution in [0, 0.1) is 0 Å².